The molecule has 1 aliphatic rings. The fourth-order valence-electron chi connectivity index (χ4n) is 3.49. The minimum Gasteiger partial charge on any atom is -0.497 e. The van der Waals surface area contributed by atoms with Crippen LogP contribution in [0.5, 0.6) is 11.5 Å². The van der Waals surface area contributed by atoms with Gasteiger partial charge in [-0.25, -0.2) is 0 Å². The third-order valence-corrected chi connectivity index (χ3v) is 5.26. The van der Waals surface area contributed by atoms with Gasteiger partial charge in [-0.05, 0) is 44.9 Å². The van der Waals surface area contributed by atoms with Crippen molar-refractivity contribution in [1.82, 2.24) is 15.5 Å². The molecule has 29 heavy (non-hydrogen) atoms. The lowest BCUT2D eigenvalue weighted by Crippen LogP contribution is -2.47. The van der Waals surface area contributed by atoms with Crippen LogP contribution in [-0.2, 0) is 0 Å². The van der Waals surface area contributed by atoms with Crippen molar-refractivity contribution in [2.24, 2.45) is 10.9 Å². The van der Waals surface area contributed by atoms with E-state index in [1.807, 2.05) is 13.0 Å². The number of hydrogen-bond donors (Lipinski definition) is 3. The average molecular weight is 520 g/mol. The minimum atomic E-state index is -0.784. The van der Waals surface area contributed by atoms with E-state index in [0.29, 0.717) is 35.1 Å². The number of guanidine groups is 1. The molecule has 7 nitrogen and oxygen atoms in total. The van der Waals surface area contributed by atoms with Crippen molar-refractivity contribution in [3.63, 3.8) is 0 Å². The van der Waals surface area contributed by atoms with Crippen molar-refractivity contribution in [3.8, 4) is 11.5 Å². The van der Waals surface area contributed by atoms with Gasteiger partial charge in [0.25, 0.3) is 0 Å². The second-order valence-electron chi connectivity index (χ2n) is 7.62. The Hall–Kier alpha value is -1.26. The molecule has 8 heteroatoms. The number of ether oxygens (including phenoxy) is 2. The fraction of sp³-hybridized carbons (Fsp3) is 0.667. The van der Waals surface area contributed by atoms with Gasteiger partial charge in [0.05, 0.1) is 20.8 Å². The summed E-state index contributed by atoms with van der Waals surface area (Å²) in [6.45, 7) is 11.8. The number of methoxy groups -OCH3 is 2. The van der Waals surface area contributed by atoms with E-state index < -0.39 is 6.10 Å². The van der Waals surface area contributed by atoms with Crippen LogP contribution in [0.2, 0.25) is 0 Å². The molecule has 0 spiro atoms. The molecule has 1 fully saturated rings. The topological polar surface area (TPSA) is 78.4 Å². The SMILES string of the molecule is CCNC(=NCC(O)c1cc(OC)ccc1OC)NC1CN(C(C)C)CC1C.I. The summed E-state index contributed by atoms with van der Waals surface area (Å²) in [7, 11) is 3.20. The van der Waals surface area contributed by atoms with E-state index in [1.54, 1.807) is 26.4 Å². The first-order valence-electron chi connectivity index (χ1n) is 10.1. The van der Waals surface area contributed by atoms with Gasteiger partial charge < -0.3 is 25.2 Å². The molecule has 0 saturated carbocycles. The summed E-state index contributed by atoms with van der Waals surface area (Å²) >= 11 is 0. The molecule has 1 aromatic rings. The van der Waals surface area contributed by atoms with Gasteiger partial charge in [-0.3, -0.25) is 9.89 Å². The summed E-state index contributed by atoms with van der Waals surface area (Å²) < 4.78 is 10.6. The molecule has 3 atom stereocenters. The van der Waals surface area contributed by atoms with Gasteiger partial charge in [0.1, 0.15) is 17.6 Å². The van der Waals surface area contributed by atoms with Gasteiger partial charge in [-0.15, -0.1) is 24.0 Å². The number of benzene rings is 1. The van der Waals surface area contributed by atoms with E-state index in [4.69, 9.17) is 9.47 Å². The first-order valence-corrected chi connectivity index (χ1v) is 10.1. The second kappa shape index (κ2) is 12.4. The zero-order valence-electron chi connectivity index (χ0n) is 18.4. The number of aliphatic imine (C=N–C) groups is 1. The Morgan fingerprint density at radius 3 is 2.55 bits per heavy atom. The van der Waals surface area contributed by atoms with Crippen LogP contribution >= 0.6 is 24.0 Å². The van der Waals surface area contributed by atoms with E-state index in [-0.39, 0.29) is 30.5 Å². The smallest absolute Gasteiger partial charge is 0.191 e. The summed E-state index contributed by atoms with van der Waals surface area (Å²) in [6.07, 6.45) is -0.784. The molecule has 0 bridgehead atoms. The van der Waals surface area contributed by atoms with Gasteiger partial charge in [0.15, 0.2) is 5.96 Å². The molecule has 3 unspecified atom stereocenters. The molecular formula is C21H37IN4O3. The maximum absolute atomic E-state index is 10.7. The number of hydrogen-bond acceptors (Lipinski definition) is 5. The van der Waals surface area contributed by atoms with Crippen LogP contribution in [0.25, 0.3) is 0 Å². The second-order valence-corrected chi connectivity index (χ2v) is 7.62. The number of rotatable bonds is 8. The first kappa shape index (κ1) is 25.8. The molecule has 0 amide bonds. The fourth-order valence-corrected chi connectivity index (χ4v) is 3.49. The quantitative estimate of drug-likeness (QED) is 0.278. The van der Waals surface area contributed by atoms with Crippen LogP contribution in [0.1, 0.15) is 39.4 Å². The third-order valence-electron chi connectivity index (χ3n) is 5.26. The predicted molar refractivity (Wildman–Crippen MR) is 129 cm³/mol. The minimum absolute atomic E-state index is 0. The molecule has 0 aromatic heterocycles. The van der Waals surface area contributed by atoms with E-state index in [1.165, 1.54) is 0 Å². The highest BCUT2D eigenvalue weighted by atomic mass is 127. The zero-order chi connectivity index (χ0) is 20.7. The van der Waals surface area contributed by atoms with Crippen LogP contribution in [0, 0.1) is 5.92 Å². The van der Waals surface area contributed by atoms with Crippen molar-refractivity contribution in [1.29, 1.82) is 0 Å². The van der Waals surface area contributed by atoms with Crippen LogP contribution in [0.15, 0.2) is 23.2 Å². The molecule has 3 N–H and O–H groups in total. The van der Waals surface area contributed by atoms with Gasteiger partial charge in [0, 0.05) is 37.3 Å². The average Bonchev–Trinajstić information content (AvgIpc) is 3.06. The Kier molecular flexibility index (Phi) is 11.1. The Labute approximate surface area is 192 Å². The van der Waals surface area contributed by atoms with Gasteiger partial charge in [-0.2, -0.15) is 0 Å². The van der Waals surface area contributed by atoms with E-state index >= 15 is 0 Å². The van der Waals surface area contributed by atoms with Gasteiger partial charge in [0.2, 0.25) is 0 Å². The maximum atomic E-state index is 10.7. The highest BCUT2D eigenvalue weighted by Crippen LogP contribution is 2.29. The van der Waals surface area contributed by atoms with E-state index in [2.05, 4.69) is 41.3 Å². The largest absolute Gasteiger partial charge is 0.497 e. The summed E-state index contributed by atoms with van der Waals surface area (Å²) in [5.74, 6) is 2.57. The number of aliphatic hydroxyl groups excluding tert-OH is 1. The molecule has 2 rings (SSSR count). The lowest BCUT2D eigenvalue weighted by atomic mass is 10.1. The van der Waals surface area contributed by atoms with Gasteiger partial charge >= 0.3 is 0 Å². The highest BCUT2D eigenvalue weighted by Gasteiger charge is 2.31. The molecule has 0 aliphatic carbocycles. The summed E-state index contributed by atoms with van der Waals surface area (Å²) in [4.78, 5) is 7.09. The first-order chi connectivity index (χ1) is 13.4. The predicted octanol–water partition coefficient (Wildman–Crippen LogP) is 2.64. The molecular weight excluding hydrogens is 483 g/mol. The van der Waals surface area contributed by atoms with Crippen molar-refractivity contribution in [2.45, 2.75) is 45.9 Å². The van der Waals surface area contributed by atoms with Crippen LogP contribution in [0.3, 0.4) is 0 Å². The van der Waals surface area contributed by atoms with Crippen LogP contribution < -0.4 is 20.1 Å². The lowest BCUT2D eigenvalue weighted by molar-refractivity contribution is 0.182. The Morgan fingerprint density at radius 2 is 2.00 bits per heavy atom. The molecule has 1 aliphatic heterocycles. The van der Waals surface area contributed by atoms with E-state index in [9.17, 15) is 5.11 Å². The van der Waals surface area contributed by atoms with Crippen molar-refractivity contribution in [3.05, 3.63) is 23.8 Å². The molecule has 1 heterocycles. The maximum Gasteiger partial charge on any atom is 0.191 e. The molecule has 166 valence electrons. The Morgan fingerprint density at radius 1 is 1.28 bits per heavy atom. The number of halogens is 1. The van der Waals surface area contributed by atoms with Crippen LogP contribution in [-0.4, -0.2) is 68.4 Å². The molecule has 1 aromatic carbocycles. The Bertz CT molecular complexity index is 657. The lowest BCUT2D eigenvalue weighted by Gasteiger charge is -2.22. The number of likely N-dealkylation sites (tertiary alicyclic amines) is 1. The summed E-state index contributed by atoms with van der Waals surface area (Å²) in [6, 6.07) is 6.27. The van der Waals surface area contributed by atoms with E-state index in [0.717, 1.165) is 25.6 Å². The molecule has 1 saturated heterocycles. The number of nitrogens with zero attached hydrogens (tertiary/aromatic N) is 2. The van der Waals surface area contributed by atoms with Crippen LogP contribution in [0.4, 0.5) is 0 Å². The third kappa shape index (κ3) is 7.18. The zero-order valence-corrected chi connectivity index (χ0v) is 20.8. The molecule has 0 radical (unpaired) electrons. The standard InChI is InChI=1S/C21H36N4O3.HI/c1-7-22-21(24-18-13-25(14(2)3)12-15(18)4)23-11-19(26)17-10-16(27-5)8-9-20(17)28-6;/h8-10,14-15,18-19,26H,7,11-13H2,1-6H3,(H2,22,23,24);1H. The monoisotopic (exact) mass is 520 g/mol. The van der Waals surface area contributed by atoms with Crippen molar-refractivity contribution in [2.75, 3.05) is 40.4 Å². The highest BCUT2D eigenvalue weighted by molar-refractivity contribution is 14.0. The number of aliphatic hydroxyl groups is 1. The summed E-state index contributed by atoms with van der Waals surface area (Å²) in [5, 5.41) is 17.5. The van der Waals surface area contributed by atoms with Gasteiger partial charge in [-0.1, -0.05) is 6.92 Å². The normalized spacial score (nSPS) is 20.9. The Balaban J connectivity index is 0.00000420. The van der Waals surface area contributed by atoms with Crippen molar-refractivity contribution < 1.29 is 14.6 Å². The van der Waals surface area contributed by atoms with Crippen molar-refractivity contribution >= 4 is 29.9 Å². The summed E-state index contributed by atoms with van der Waals surface area (Å²) in [5.41, 5.74) is 0.668. The number of nitrogens with one attached hydrogen (secondary N) is 2.